The molecule has 0 N–H and O–H groups in total. The fourth-order valence-electron chi connectivity index (χ4n) is 2.39. The Kier molecular flexibility index (Phi) is 2.40. The molecule has 0 spiro atoms. The molecule has 0 radical (unpaired) electrons. The first-order chi connectivity index (χ1) is 8.31. The smallest absolute Gasteiger partial charge is 0.121 e. The van der Waals surface area contributed by atoms with Crippen molar-refractivity contribution in [3.63, 3.8) is 0 Å². The van der Waals surface area contributed by atoms with Crippen molar-refractivity contribution >= 4 is 10.9 Å². The monoisotopic (exact) mass is 224 g/mol. The van der Waals surface area contributed by atoms with Gasteiger partial charge in [-0.25, -0.2) is 0 Å². The molecule has 3 rings (SSSR count). The van der Waals surface area contributed by atoms with Crippen LogP contribution in [0.15, 0.2) is 24.3 Å². The molecule has 0 bridgehead atoms. The molecule has 1 fully saturated rings. The molecule has 1 aromatic heterocycles. The highest BCUT2D eigenvalue weighted by Gasteiger charge is 2.23. The Labute approximate surface area is 101 Å². The van der Waals surface area contributed by atoms with E-state index in [4.69, 9.17) is 0 Å². The fourth-order valence-corrected chi connectivity index (χ4v) is 2.39. The van der Waals surface area contributed by atoms with Gasteiger partial charge in [0.15, 0.2) is 0 Å². The van der Waals surface area contributed by atoms with Gasteiger partial charge >= 0.3 is 0 Å². The van der Waals surface area contributed by atoms with E-state index < -0.39 is 0 Å². The Morgan fingerprint density at radius 3 is 2.82 bits per heavy atom. The Hall–Kier alpha value is -1.75. The number of aromatic nitrogens is 1. The SMILES string of the molecule is CCc1ccc2c(c1)cc(C#N)n2CC1CC1. The third kappa shape index (κ3) is 1.82. The van der Waals surface area contributed by atoms with Gasteiger partial charge in [-0.15, -0.1) is 0 Å². The minimum absolute atomic E-state index is 0.795. The number of rotatable bonds is 3. The van der Waals surface area contributed by atoms with Gasteiger partial charge in [-0.05, 0) is 48.9 Å². The van der Waals surface area contributed by atoms with Gasteiger partial charge in [-0.2, -0.15) is 5.26 Å². The van der Waals surface area contributed by atoms with E-state index in [0.717, 1.165) is 24.6 Å². The van der Waals surface area contributed by atoms with E-state index >= 15 is 0 Å². The number of benzene rings is 1. The Morgan fingerprint density at radius 2 is 2.18 bits per heavy atom. The van der Waals surface area contributed by atoms with Crippen LogP contribution in [0.5, 0.6) is 0 Å². The lowest BCUT2D eigenvalue weighted by atomic mass is 10.1. The molecule has 86 valence electrons. The van der Waals surface area contributed by atoms with Crippen molar-refractivity contribution in [1.29, 1.82) is 5.26 Å². The maximum atomic E-state index is 9.21. The summed E-state index contributed by atoms with van der Waals surface area (Å²) in [6, 6.07) is 10.9. The zero-order chi connectivity index (χ0) is 11.8. The molecule has 0 saturated heterocycles. The van der Waals surface area contributed by atoms with E-state index in [1.807, 2.05) is 6.07 Å². The second-order valence-corrected chi connectivity index (χ2v) is 4.94. The molecule has 0 unspecified atom stereocenters. The fraction of sp³-hybridized carbons (Fsp3) is 0.400. The topological polar surface area (TPSA) is 28.7 Å². The molecule has 1 saturated carbocycles. The van der Waals surface area contributed by atoms with Crippen LogP contribution in [-0.2, 0) is 13.0 Å². The zero-order valence-electron chi connectivity index (χ0n) is 10.1. The molecule has 0 atom stereocenters. The van der Waals surface area contributed by atoms with E-state index in [-0.39, 0.29) is 0 Å². The van der Waals surface area contributed by atoms with Crippen molar-refractivity contribution in [3.8, 4) is 6.07 Å². The van der Waals surface area contributed by atoms with E-state index in [9.17, 15) is 5.26 Å². The summed E-state index contributed by atoms with van der Waals surface area (Å²) < 4.78 is 2.19. The number of hydrogen-bond donors (Lipinski definition) is 0. The molecule has 2 aromatic rings. The molecule has 0 amide bonds. The van der Waals surface area contributed by atoms with Crippen molar-refractivity contribution in [3.05, 3.63) is 35.5 Å². The van der Waals surface area contributed by atoms with Crippen molar-refractivity contribution < 1.29 is 0 Å². The number of fused-ring (bicyclic) bond motifs is 1. The molecule has 0 aliphatic heterocycles. The van der Waals surface area contributed by atoms with Crippen molar-refractivity contribution in [2.24, 2.45) is 5.92 Å². The number of aryl methyl sites for hydroxylation is 1. The van der Waals surface area contributed by atoms with Gasteiger partial charge < -0.3 is 4.57 Å². The lowest BCUT2D eigenvalue weighted by Gasteiger charge is -2.06. The van der Waals surface area contributed by atoms with Crippen LogP contribution in [0, 0.1) is 17.2 Å². The zero-order valence-corrected chi connectivity index (χ0v) is 10.1. The van der Waals surface area contributed by atoms with Gasteiger partial charge in [0.1, 0.15) is 11.8 Å². The number of hydrogen-bond acceptors (Lipinski definition) is 1. The van der Waals surface area contributed by atoms with Crippen LogP contribution in [-0.4, -0.2) is 4.57 Å². The highest BCUT2D eigenvalue weighted by Crippen LogP contribution is 2.33. The third-order valence-corrected chi connectivity index (χ3v) is 3.63. The summed E-state index contributed by atoms with van der Waals surface area (Å²) in [6.07, 6.45) is 3.68. The summed E-state index contributed by atoms with van der Waals surface area (Å²) in [7, 11) is 0. The number of nitriles is 1. The predicted molar refractivity (Wildman–Crippen MR) is 68.8 cm³/mol. The summed E-state index contributed by atoms with van der Waals surface area (Å²) >= 11 is 0. The van der Waals surface area contributed by atoms with Crippen LogP contribution in [0.1, 0.15) is 31.0 Å². The minimum atomic E-state index is 0.795. The maximum absolute atomic E-state index is 9.21. The standard InChI is InChI=1S/C15H16N2/c1-2-11-5-6-15-13(7-11)8-14(9-16)17(15)10-12-3-4-12/h5-8,12H,2-4,10H2,1H3. The summed E-state index contributed by atoms with van der Waals surface area (Å²) in [5, 5.41) is 10.4. The average molecular weight is 224 g/mol. The van der Waals surface area contributed by atoms with Gasteiger partial charge in [0.25, 0.3) is 0 Å². The summed E-state index contributed by atoms with van der Waals surface area (Å²) in [5.41, 5.74) is 3.36. The van der Waals surface area contributed by atoms with Crippen LogP contribution in [0.2, 0.25) is 0 Å². The van der Waals surface area contributed by atoms with Gasteiger partial charge in [0.2, 0.25) is 0 Å². The van der Waals surface area contributed by atoms with E-state index in [1.54, 1.807) is 0 Å². The van der Waals surface area contributed by atoms with Crippen LogP contribution in [0.25, 0.3) is 10.9 Å². The average Bonchev–Trinajstić information content (AvgIpc) is 3.10. The largest absolute Gasteiger partial charge is 0.332 e. The number of nitrogens with zero attached hydrogens (tertiary/aromatic N) is 2. The summed E-state index contributed by atoms with van der Waals surface area (Å²) in [6.45, 7) is 3.17. The Morgan fingerprint density at radius 1 is 1.35 bits per heavy atom. The molecule has 2 heteroatoms. The van der Waals surface area contributed by atoms with Gasteiger partial charge in [-0.1, -0.05) is 13.0 Å². The van der Waals surface area contributed by atoms with Crippen LogP contribution in [0.3, 0.4) is 0 Å². The van der Waals surface area contributed by atoms with Gasteiger partial charge in [0.05, 0.1) is 0 Å². The van der Waals surface area contributed by atoms with Crippen LogP contribution in [0.4, 0.5) is 0 Å². The first kappa shape index (κ1) is 10.4. The van der Waals surface area contributed by atoms with Crippen LogP contribution >= 0.6 is 0 Å². The van der Waals surface area contributed by atoms with Gasteiger partial charge in [-0.3, -0.25) is 0 Å². The van der Waals surface area contributed by atoms with Crippen LogP contribution < -0.4 is 0 Å². The minimum Gasteiger partial charge on any atom is -0.332 e. The predicted octanol–water partition coefficient (Wildman–Crippen LogP) is 3.49. The molecule has 1 aromatic carbocycles. The van der Waals surface area contributed by atoms with E-state index in [1.165, 1.54) is 29.3 Å². The highest BCUT2D eigenvalue weighted by molar-refractivity contribution is 5.83. The van der Waals surface area contributed by atoms with E-state index in [2.05, 4.69) is 35.8 Å². The summed E-state index contributed by atoms with van der Waals surface area (Å²) in [4.78, 5) is 0. The molecule has 1 aliphatic carbocycles. The molecule has 2 nitrogen and oxygen atoms in total. The molecule has 1 aliphatic rings. The normalized spacial score (nSPS) is 15.1. The molecular formula is C15H16N2. The quantitative estimate of drug-likeness (QED) is 0.784. The molecular weight excluding hydrogens is 208 g/mol. The first-order valence-corrected chi connectivity index (χ1v) is 6.34. The first-order valence-electron chi connectivity index (χ1n) is 6.34. The maximum Gasteiger partial charge on any atom is 0.121 e. The molecule has 17 heavy (non-hydrogen) atoms. The van der Waals surface area contributed by atoms with Crippen molar-refractivity contribution in [1.82, 2.24) is 4.57 Å². The Balaban J connectivity index is 2.13. The summed E-state index contributed by atoms with van der Waals surface area (Å²) in [5.74, 6) is 0.795. The van der Waals surface area contributed by atoms with Crippen molar-refractivity contribution in [2.45, 2.75) is 32.7 Å². The lowest BCUT2D eigenvalue weighted by Crippen LogP contribution is -2.01. The van der Waals surface area contributed by atoms with Crippen molar-refractivity contribution in [2.75, 3.05) is 0 Å². The highest BCUT2D eigenvalue weighted by atomic mass is 15.0. The molecule has 1 heterocycles. The Bertz CT molecular complexity index is 597. The van der Waals surface area contributed by atoms with Gasteiger partial charge in [0, 0.05) is 17.4 Å². The van der Waals surface area contributed by atoms with E-state index in [0.29, 0.717) is 0 Å². The third-order valence-electron chi connectivity index (χ3n) is 3.63. The lowest BCUT2D eigenvalue weighted by molar-refractivity contribution is 0.641. The second-order valence-electron chi connectivity index (χ2n) is 4.94. The second kappa shape index (κ2) is 3.92.